The van der Waals surface area contributed by atoms with Crippen molar-refractivity contribution < 1.29 is 4.79 Å². The normalized spacial score (nSPS) is 15.5. The summed E-state index contributed by atoms with van der Waals surface area (Å²) < 4.78 is 1.88. The van der Waals surface area contributed by atoms with Crippen LogP contribution in [0.1, 0.15) is 25.3 Å². The zero-order valence-corrected chi connectivity index (χ0v) is 12.1. The van der Waals surface area contributed by atoms with Crippen molar-refractivity contribution in [2.24, 2.45) is 0 Å². The molecule has 0 spiro atoms. The molecular weight excluding hydrogens is 264 g/mol. The fourth-order valence-corrected chi connectivity index (χ4v) is 2.21. The monoisotopic (exact) mass is 284 g/mol. The number of carbonyl (C=O) groups excluding carboxylic acids is 1. The molecule has 1 saturated carbocycles. The summed E-state index contributed by atoms with van der Waals surface area (Å²) in [5, 5.41) is 10.5. The largest absolute Gasteiger partial charge is 0.374 e. The first kappa shape index (κ1) is 13.7. The topological polar surface area (TPSA) is 59.0 Å². The number of carbonyl (C=O) groups is 1. The van der Waals surface area contributed by atoms with Gasteiger partial charge in [-0.3, -0.25) is 9.48 Å². The summed E-state index contributed by atoms with van der Waals surface area (Å²) in [7, 11) is 0. The van der Waals surface area contributed by atoms with Gasteiger partial charge in [-0.1, -0.05) is 12.1 Å². The highest BCUT2D eigenvalue weighted by Crippen LogP contribution is 2.19. The summed E-state index contributed by atoms with van der Waals surface area (Å²) in [6.45, 7) is 2.61. The van der Waals surface area contributed by atoms with Crippen LogP contribution in [0.3, 0.4) is 0 Å². The van der Waals surface area contributed by atoms with Crippen LogP contribution >= 0.6 is 0 Å². The van der Waals surface area contributed by atoms with E-state index in [0.717, 1.165) is 30.6 Å². The lowest BCUT2D eigenvalue weighted by molar-refractivity contribution is -0.121. The van der Waals surface area contributed by atoms with Crippen molar-refractivity contribution in [3.05, 3.63) is 48.3 Å². The average Bonchev–Trinajstić information content (AvgIpc) is 3.13. The van der Waals surface area contributed by atoms with Crippen LogP contribution in [0, 0.1) is 0 Å². The number of benzene rings is 1. The maximum atomic E-state index is 12.0. The van der Waals surface area contributed by atoms with Crippen LogP contribution < -0.4 is 10.6 Å². The lowest BCUT2D eigenvalue weighted by Gasteiger charge is -2.15. The third-order valence-corrected chi connectivity index (χ3v) is 3.53. The van der Waals surface area contributed by atoms with E-state index in [1.807, 2.05) is 36.0 Å². The first-order valence-corrected chi connectivity index (χ1v) is 7.34. The molecule has 1 aliphatic carbocycles. The minimum atomic E-state index is -0.231. The number of anilines is 1. The van der Waals surface area contributed by atoms with Crippen LogP contribution in [0.25, 0.3) is 0 Å². The molecule has 21 heavy (non-hydrogen) atoms. The molecule has 1 amide bonds. The van der Waals surface area contributed by atoms with Crippen LogP contribution in [0.2, 0.25) is 0 Å². The molecule has 0 saturated heterocycles. The molecule has 1 heterocycles. The number of nitrogens with zero attached hydrogens (tertiary/aromatic N) is 2. The molecule has 2 aromatic rings. The Balaban J connectivity index is 1.60. The van der Waals surface area contributed by atoms with Gasteiger partial charge in [-0.05, 0) is 43.5 Å². The molecule has 0 unspecified atom stereocenters. The lowest BCUT2D eigenvalue weighted by Crippen LogP contribution is -2.38. The van der Waals surface area contributed by atoms with Crippen LogP contribution in [0.5, 0.6) is 0 Å². The zero-order valence-electron chi connectivity index (χ0n) is 12.1. The van der Waals surface area contributed by atoms with Crippen molar-refractivity contribution in [3.63, 3.8) is 0 Å². The smallest absolute Gasteiger partial charge is 0.242 e. The van der Waals surface area contributed by atoms with Crippen LogP contribution in [-0.4, -0.2) is 27.8 Å². The number of amides is 1. The Bertz CT molecular complexity index is 604. The maximum Gasteiger partial charge on any atom is 0.242 e. The first-order chi connectivity index (χ1) is 10.2. The lowest BCUT2D eigenvalue weighted by atomic mass is 10.2. The van der Waals surface area contributed by atoms with Gasteiger partial charge in [0.2, 0.25) is 5.91 Å². The Morgan fingerprint density at radius 3 is 3.00 bits per heavy atom. The summed E-state index contributed by atoms with van der Waals surface area (Å²) in [4.78, 5) is 12.0. The highest BCUT2D eigenvalue weighted by Gasteiger charge is 2.25. The first-order valence-electron chi connectivity index (χ1n) is 7.34. The van der Waals surface area contributed by atoms with E-state index < -0.39 is 0 Å². The van der Waals surface area contributed by atoms with Gasteiger partial charge in [0.05, 0.1) is 6.54 Å². The number of rotatable bonds is 6. The van der Waals surface area contributed by atoms with E-state index in [2.05, 4.69) is 27.9 Å². The van der Waals surface area contributed by atoms with Gasteiger partial charge in [-0.2, -0.15) is 5.10 Å². The third-order valence-electron chi connectivity index (χ3n) is 3.53. The van der Waals surface area contributed by atoms with Gasteiger partial charge in [-0.15, -0.1) is 0 Å². The SMILES string of the molecule is C[C@H](Nc1cccc(Cn2cccn2)c1)C(=O)NC1CC1. The number of aromatic nitrogens is 2. The second-order valence-corrected chi connectivity index (χ2v) is 5.55. The fraction of sp³-hybridized carbons (Fsp3) is 0.375. The molecule has 0 radical (unpaired) electrons. The van der Waals surface area contributed by atoms with Crippen molar-refractivity contribution in [1.82, 2.24) is 15.1 Å². The summed E-state index contributed by atoms with van der Waals surface area (Å²) in [6.07, 6.45) is 5.92. The molecule has 1 fully saturated rings. The Labute approximate surface area is 124 Å². The Morgan fingerprint density at radius 2 is 2.29 bits per heavy atom. The molecule has 5 heteroatoms. The van der Waals surface area contributed by atoms with E-state index in [1.54, 1.807) is 6.20 Å². The summed E-state index contributed by atoms with van der Waals surface area (Å²) in [6, 6.07) is 10.2. The summed E-state index contributed by atoms with van der Waals surface area (Å²) in [5.74, 6) is 0.0648. The van der Waals surface area contributed by atoms with Gasteiger partial charge in [0.25, 0.3) is 0 Å². The fourth-order valence-electron chi connectivity index (χ4n) is 2.21. The Morgan fingerprint density at radius 1 is 1.43 bits per heavy atom. The Hall–Kier alpha value is -2.30. The van der Waals surface area contributed by atoms with Crippen molar-refractivity contribution in [3.8, 4) is 0 Å². The highest BCUT2D eigenvalue weighted by molar-refractivity contribution is 5.84. The second kappa shape index (κ2) is 5.99. The van der Waals surface area contributed by atoms with E-state index in [9.17, 15) is 4.79 Å². The minimum absolute atomic E-state index is 0.0648. The van der Waals surface area contributed by atoms with Crippen LogP contribution in [0.15, 0.2) is 42.7 Å². The molecular formula is C16H20N4O. The van der Waals surface area contributed by atoms with Gasteiger partial charge < -0.3 is 10.6 Å². The van der Waals surface area contributed by atoms with Gasteiger partial charge >= 0.3 is 0 Å². The predicted molar refractivity (Wildman–Crippen MR) is 82.0 cm³/mol. The van der Waals surface area contributed by atoms with Crippen molar-refractivity contribution in [2.45, 2.75) is 38.4 Å². The molecule has 1 atom stereocenters. The van der Waals surface area contributed by atoms with Crippen LogP contribution in [-0.2, 0) is 11.3 Å². The van der Waals surface area contributed by atoms with Crippen molar-refractivity contribution >= 4 is 11.6 Å². The quantitative estimate of drug-likeness (QED) is 0.853. The molecule has 0 aliphatic heterocycles. The van der Waals surface area contributed by atoms with Crippen LogP contribution in [0.4, 0.5) is 5.69 Å². The van der Waals surface area contributed by atoms with Gasteiger partial charge in [0.15, 0.2) is 0 Å². The van der Waals surface area contributed by atoms with Crippen molar-refractivity contribution in [1.29, 1.82) is 0 Å². The number of hydrogen-bond acceptors (Lipinski definition) is 3. The standard InChI is InChI=1S/C16H20N4O/c1-12(16(21)19-14-6-7-14)18-15-5-2-4-13(10-15)11-20-9-3-8-17-20/h2-5,8-10,12,14,18H,6-7,11H2,1H3,(H,19,21)/t12-/m0/s1. The third kappa shape index (κ3) is 3.84. The second-order valence-electron chi connectivity index (χ2n) is 5.55. The number of nitrogens with one attached hydrogen (secondary N) is 2. The van der Waals surface area contributed by atoms with E-state index in [4.69, 9.17) is 0 Å². The Kier molecular flexibility index (Phi) is 3.90. The van der Waals surface area contributed by atoms with Gasteiger partial charge in [0, 0.05) is 24.1 Å². The van der Waals surface area contributed by atoms with Crippen molar-refractivity contribution in [2.75, 3.05) is 5.32 Å². The molecule has 1 aliphatic rings. The zero-order chi connectivity index (χ0) is 14.7. The van der Waals surface area contributed by atoms with E-state index in [0.29, 0.717) is 6.04 Å². The summed E-state index contributed by atoms with van der Waals surface area (Å²) >= 11 is 0. The van der Waals surface area contributed by atoms with E-state index in [-0.39, 0.29) is 11.9 Å². The average molecular weight is 284 g/mol. The molecule has 3 rings (SSSR count). The molecule has 5 nitrogen and oxygen atoms in total. The van der Waals surface area contributed by atoms with Gasteiger partial charge in [-0.25, -0.2) is 0 Å². The molecule has 1 aromatic carbocycles. The molecule has 0 bridgehead atoms. The van der Waals surface area contributed by atoms with E-state index >= 15 is 0 Å². The summed E-state index contributed by atoms with van der Waals surface area (Å²) in [5.41, 5.74) is 2.11. The maximum absolute atomic E-state index is 12.0. The number of hydrogen-bond donors (Lipinski definition) is 2. The molecule has 2 N–H and O–H groups in total. The van der Waals surface area contributed by atoms with Gasteiger partial charge in [0.1, 0.15) is 6.04 Å². The predicted octanol–water partition coefficient (Wildman–Crippen LogP) is 2.01. The molecule has 110 valence electrons. The molecule has 1 aromatic heterocycles. The van der Waals surface area contributed by atoms with E-state index in [1.165, 1.54) is 0 Å². The highest BCUT2D eigenvalue weighted by atomic mass is 16.2. The minimum Gasteiger partial charge on any atom is -0.374 e.